The van der Waals surface area contributed by atoms with Gasteiger partial charge in [-0.2, -0.15) is 17.0 Å². The lowest BCUT2D eigenvalue weighted by Crippen LogP contribution is -2.44. The molecule has 0 aliphatic carbocycles. The van der Waals surface area contributed by atoms with E-state index < -0.39 is 10.2 Å². The van der Waals surface area contributed by atoms with Crippen LogP contribution in [-0.4, -0.2) is 59.2 Å². The van der Waals surface area contributed by atoms with Gasteiger partial charge in [-0.05, 0) is 48.7 Å². The second-order valence-corrected chi connectivity index (χ2v) is 9.35. The van der Waals surface area contributed by atoms with Crippen molar-refractivity contribution >= 4 is 21.2 Å². The second kappa shape index (κ2) is 7.54. The van der Waals surface area contributed by atoms with Crippen LogP contribution in [0.5, 0.6) is 0 Å². The fourth-order valence-electron chi connectivity index (χ4n) is 3.57. The average Bonchev–Trinajstić information content (AvgIpc) is 2.73. The van der Waals surface area contributed by atoms with E-state index in [4.69, 9.17) is 4.98 Å². The zero-order valence-electron chi connectivity index (χ0n) is 16.0. The summed E-state index contributed by atoms with van der Waals surface area (Å²) in [7, 11) is -0.207. The minimum absolute atomic E-state index is 0.250. The van der Waals surface area contributed by atoms with Gasteiger partial charge in [0.25, 0.3) is 10.2 Å². The van der Waals surface area contributed by atoms with Crippen LogP contribution in [0.1, 0.15) is 24.5 Å². The van der Waals surface area contributed by atoms with Gasteiger partial charge in [-0.3, -0.25) is 4.98 Å². The Kier molecular flexibility index (Phi) is 5.09. The van der Waals surface area contributed by atoms with Gasteiger partial charge in [-0.25, -0.2) is 9.97 Å². The van der Waals surface area contributed by atoms with Crippen molar-refractivity contribution in [2.75, 3.05) is 27.2 Å². The summed E-state index contributed by atoms with van der Waals surface area (Å²) in [6, 6.07) is 10.1. The summed E-state index contributed by atoms with van der Waals surface area (Å²) < 4.78 is 27.4. The maximum Gasteiger partial charge on any atom is 0.281 e. The molecule has 0 aromatic carbocycles. The summed E-state index contributed by atoms with van der Waals surface area (Å²) in [4.78, 5) is 13.4. The zero-order chi connectivity index (χ0) is 19.7. The summed E-state index contributed by atoms with van der Waals surface area (Å²) in [6.07, 6.45) is 6.90. The molecular weight excluding hydrogens is 374 g/mol. The normalized spacial score (nSPS) is 16.7. The first-order valence-electron chi connectivity index (χ1n) is 9.30. The molecule has 28 heavy (non-hydrogen) atoms. The highest BCUT2D eigenvalue weighted by Gasteiger charge is 2.30. The van der Waals surface area contributed by atoms with Crippen LogP contribution in [0.4, 0.5) is 0 Å². The first-order valence-corrected chi connectivity index (χ1v) is 10.7. The second-order valence-electron chi connectivity index (χ2n) is 7.21. The molecule has 0 atom stereocenters. The molecule has 0 N–H and O–H groups in total. The largest absolute Gasteiger partial charge is 0.281 e. The molecule has 0 radical (unpaired) electrons. The van der Waals surface area contributed by atoms with E-state index in [2.05, 4.69) is 22.1 Å². The van der Waals surface area contributed by atoms with E-state index in [1.807, 2.05) is 24.4 Å². The van der Waals surface area contributed by atoms with E-state index in [-0.39, 0.29) is 5.92 Å². The molecule has 4 rings (SSSR count). The predicted molar refractivity (Wildman–Crippen MR) is 109 cm³/mol. The topological polar surface area (TPSA) is 79.3 Å². The van der Waals surface area contributed by atoms with Crippen molar-refractivity contribution in [1.29, 1.82) is 0 Å². The van der Waals surface area contributed by atoms with Crippen molar-refractivity contribution in [2.24, 2.45) is 0 Å². The van der Waals surface area contributed by atoms with Crippen LogP contribution in [-0.2, 0) is 10.2 Å². The Hall–Kier alpha value is -2.42. The number of pyridine rings is 3. The van der Waals surface area contributed by atoms with Crippen molar-refractivity contribution in [2.45, 2.75) is 18.8 Å². The molecule has 0 bridgehead atoms. The maximum atomic E-state index is 12.3. The lowest BCUT2D eigenvalue weighted by atomic mass is 9.94. The van der Waals surface area contributed by atoms with Crippen molar-refractivity contribution < 1.29 is 8.42 Å². The molecule has 4 heterocycles. The molecule has 1 saturated heterocycles. The number of nitrogens with zero attached hydrogens (tertiary/aromatic N) is 5. The average molecular weight is 398 g/mol. The van der Waals surface area contributed by atoms with Gasteiger partial charge in [-0.1, -0.05) is 0 Å². The van der Waals surface area contributed by atoms with Crippen LogP contribution in [0.25, 0.3) is 22.2 Å². The Morgan fingerprint density at radius 1 is 1.04 bits per heavy atom. The Bertz CT molecular complexity index is 1080. The van der Waals surface area contributed by atoms with Crippen LogP contribution in [0.15, 0.2) is 48.9 Å². The molecule has 1 fully saturated rings. The minimum atomic E-state index is -3.34. The SMILES string of the molecule is CN(C)S(=O)(=O)N1CCC(c2ccc3cc(-c4ccncc4)cnc3n2)CC1. The molecule has 7 nitrogen and oxygen atoms in total. The molecule has 146 valence electrons. The fourth-order valence-corrected chi connectivity index (χ4v) is 4.70. The third-order valence-corrected chi connectivity index (χ3v) is 7.18. The van der Waals surface area contributed by atoms with Crippen molar-refractivity contribution in [3.05, 3.63) is 54.6 Å². The van der Waals surface area contributed by atoms with Crippen LogP contribution in [0, 0.1) is 0 Å². The molecule has 0 saturated carbocycles. The Balaban J connectivity index is 1.53. The van der Waals surface area contributed by atoms with Crippen LogP contribution >= 0.6 is 0 Å². The van der Waals surface area contributed by atoms with Gasteiger partial charge in [0.2, 0.25) is 0 Å². The monoisotopic (exact) mass is 397 g/mol. The summed E-state index contributed by atoms with van der Waals surface area (Å²) in [5.74, 6) is 0.250. The highest BCUT2D eigenvalue weighted by molar-refractivity contribution is 7.86. The highest BCUT2D eigenvalue weighted by Crippen LogP contribution is 2.30. The molecule has 8 heteroatoms. The fraction of sp³-hybridized carbons (Fsp3) is 0.350. The van der Waals surface area contributed by atoms with Gasteiger partial charge in [-0.15, -0.1) is 0 Å². The number of piperidine rings is 1. The van der Waals surface area contributed by atoms with Crippen molar-refractivity contribution in [3.63, 3.8) is 0 Å². The van der Waals surface area contributed by atoms with E-state index in [1.54, 1.807) is 30.8 Å². The van der Waals surface area contributed by atoms with Gasteiger partial charge >= 0.3 is 0 Å². The summed E-state index contributed by atoms with van der Waals surface area (Å²) in [5, 5.41) is 0.991. The third kappa shape index (κ3) is 3.63. The van der Waals surface area contributed by atoms with Gasteiger partial charge in [0, 0.05) is 68.3 Å². The molecule has 0 unspecified atom stereocenters. The van der Waals surface area contributed by atoms with E-state index in [0.717, 1.165) is 40.7 Å². The molecule has 0 amide bonds. The quantitative estimate of drug-likeness (QED) is 0.676. The van der Waals surface area contributed by atoms with Gasteiger partial charge in [0.05, 0.1) is 0 Å². The molecule has 3 aromatic heterocycles. The summed E-state index contributed by atoms with van der Waals surface area (Å²) in [5.41, 5.74) is 3.81. The zero-order valence-corrected chi connectivity index (χ0v) is 16.8. The first kappa shape index (κ1) is 18.9. The van der Waals surface area contributed by atoms with Crippen LogP contribution < -0.4 is 0 Å². The van der Waals surface area contributed by atoms with E-state index >= 15 is 0 Å². The standard InChI is InChI=1S/C20H23N5O2S/c1-24(2)28(26,27)25-11-7-16(8-12-25)19-4-3-17-13-18(14-22-20(17)23-19)15-5-9-21-10-6-15/h3-6,9-10,13-14,16H,7-8,11-12H2,1-2H3. The summed E-state index contributed by atoms with van der Waals surface area (Å²) >= 11 is 0. The van der Waals surface area contributed by atoms with Crippen LogP contribution in [0.2, 0.25) is 0 Å². The van der Waals surface area contributed by atoms with Gasteiger partial charge in [0.15, 0.2) is 5.65 Å². The molecular formula is C20H23N5O2S. The van der Waals surface area contributed by atoms with Crippen LogP contribution in [0.3, 0.4) is 0 Å². The predicted octanol–water partition coefficient (Wildman–Crippen LogP) is 2.68. The van der Waals surface area contributed by atoms with E-state index in [0.29, 0.717) is 13.1 Å². The third-order valence-electron chi connectivity index (χ3n) is 5.24. The van der Waals surface area contributed by atoms with E-state index in [9.17, 15) is 8.42 Å². The lowest BCUT2D eigenvalue weighted by Gasteiger charge is -2.32. The lowest BCUT2D eigenvalue weighted by molar-refractivity contribution is 0.300. The number of hydrogen-bond acceptors (Lipinski definition) is 5. The molecule has 0 spiro atoms. The Morgan fingerprint density at radius 2 is 1.75 bits per heavy atom. The maximum absolute atomic E-state index is 12.3. The number of hydrogen-bond donors (Lipinski definition) is 0. The minimum Gasteiger partial charge on any atom is -0.265 e. The van der Waals surface area contributed by atoms with E-state index in [1.165, 1.54) is 4.31 Å². The Labute approximate surface area is 165 Å². The summed E-state index contributed by atoms with van der Waals surface area (Å²) in [6.45, 7) is 1.03. The smallest absolute Gasteiger partial charge is 0.265 e. The highest BCUT2D eigenvalue weighted by atomic mass is 32.2. The van der Waals surface area contributed by atoms with Crippen molar-refractivity contribution in [3.8, 4) is 11.1 Å². The number of fused-ring (bicyclic) bond motifs is 1. The van der Waals surface area contributed by atoms with Gasteiger partial charge < -0.3 is 0 Å². The molecule has 1 aliphatic heterocycles. The number of aromatic nitrogens is 3. The Morgan fingerprint density at radius 3 is 2.43 bits per heavy atom. The van der Waals surface area contributed by atoms with Gasteiger partial charge in [0.1, 0.15) is 0 Å². The first-order chi connectivity index (χ1) is 13.4. The number of rotatable bonds is 4. The molecule has 1 aliphatic rings. The molecule has 3 aromatic rings. The van der Waals surface area contributed by atoms with Crippen molar-refractivity contribution in [1.82, 2.24) is 23.6 Å².